The Bertz CT molecular complexity index is 615. The van der Waals surface area contributed by atoms with Crippen molar-refractivity contribution in [2.75, 3.05) is 17.7 Å². The Kier molecular flexibility index (Phi) is 3.70. The van der Waals surface area contributed by atoms with Gasteiger partial charge in [0, 0.05) is 25.0 Å². The van der Waals surface area contributed by atoms with Crippen LogP contribution in [0.4, 0.5) is 11.4 Å². The van der Waals surface area contributed by atoms with Crippen LogP contribution in [0.3, 0.4) is 0 Å². The highest BCUT2D eigenvalue weighted by Crippen LogP contribution is 2.22. The maximum absolute atomic E-state index is 12.6. The van der Waals surface area contributed by atoms with Crippen LogP contribution in [-0.2, 0) is 0 Å². The van der Waals surface area contributed by atoms with Crippen LogP contribution in [0.5, 0.6) is 5.75 Å². The Morgan fingerprint density at radius 1 is 1.30 bits per heavy atom. The van der Waals surface area contributed by atoms with Gasteiger partial charge in [-0.2, -0.15) is 0 Å². The number of amides is 1. The van der Waals surface area contributed by atoms with Gasteiger partial charge < -0.3 is 20.3 Å². The number of nitrogen functional groups attached to an aromatic ring is 1. The summed E-state index contributed by atoms with van der Waals surface area (Å²) >= 11 is 0. The lowest BCUT2D eigenvalue weighted by Crippen LogP contribution is -2.28. The number of aromatic hydroxyl groups is 1. The number of aromatic nitrogens is 1. The van der Waals surface area contributed by atoms with Crippen LogP contribution >= 0.6 is 0 Å². The van der Waals surface area contributed by atoms with E-state index in [2.05, 4.69) is 0 Å². The molecule has 0 unspecified atom stereocenters. The van der Waals surface area contributed by atoms with E-state index < -0.39 is 0 Å². The fourth-order valence-electron chi connectivity index (χ4n) is 2.06. The molecule has 0 aliphatic heterocycles. The number of benzene rings is 1. The van der Waals surface area contributed by atoms with Gasteiger partial charge in [-0.25, -0.2) is 0 Å². The minimum absolute atomic E-state index is 0.138. The van der Waals surface area contributed by atoms with Crippen molar-refractivity contribution in [3.8, 4) is 5.75 Å². The number of phenolic OH excluding ortho intramolecular Hbond substituents is 1. The molecule has 5 heteroatoms. The van der Waals surface area contributed by atoms with E-state index in [-0.39, 0.29) is 17.7 Å². The summed E-state index contributed by atoms with van der Waals surface area (Å²) in [4.78, 5) is 14.1. The van der Waals surface area contributed by atoms with Crippen molar-refractivity contribution in [3.05, 3.63) is 42.2 Å². The van der Waals surface area contributed by atoms with Crippen LogP contribution in [0.1, 0.15) is 30.4 Å². The van der Waals surface area contributed by atoms with Gasteiger partial charge in [-0.15, -0.1) is 0 Å². The molecule has 0 aliphatic rings. The molecule has 0 aliphatic carbocycles. The van der Waals surface area contributed by atoms with Crippen LogP contribution in [-0.4, -0.2) is 22.6 Å². The first-order valence-corrected chi connectivity index (χ1v) is 6.44. The third-order valence-corrected chi connectivity index (χ3v) is 3.19. The van der Waals surface area contributed by atoms with Crippen molar-refractivity contribution >= 4 is 17.3 Å². The minimum atomic E-state index is -0.138. The molecular weight excluding hydrogens is 254 g/mol. The molecule has 5 nitrogen and oxygen atoms in total. The van der Waals surface area contributed by atoms with Crippen LogP contribution in [0.2, 0.25) is 0 Å². The fourth-order valence-corrected chi connectivity index (χ4v) is 2.06. The molecule has 1 aromatic heterocycles. The molecule has 0 saturated carbocycles. The Balaban J connectivity index is 2.33. The average molecular weight is 273 g/mol. The predicted octanol–water partition coefficient (Wildman–Crippen LogP) is 2.63. The second-order valence-corrected chi connectivity index (χ2v) is 5.04. The van der Waals surface area contributed by atoms with E-state index in [1.807, 2.05) is 18.4 Å². The molecule has 1 amide bonds. The molecule has 2 rings (SSSR count). The first-order valence-electron chi connectivity index (χ1n) is 6.44. The molecule has 0 radical (unpaired) electrons. The highest BCUT2D eigenvalue weighted by molar-refractivity contribution is 6.05. The van der Waals surface area contributed by atoms with Gasteiger partial charge >= 0.3 is 0 Å². The van der Waals surface area contributed by atoms with Crippen molar-refractivity contribution in [2.45, 2.75) is 19.9 Å². The lowest BCUT2D eigenvalue weighted by molar-refractivity contribution is 0.0982. The molecule has 3 N–H and O–H groups in total. The van der Waals surface area contributed by atoms with Crippen LogP contribution in [0.25, 0.3) is 0 Å². The average Bonchev–Trinajstić information content (AvgIpc) is 2.80. The normalized spacial score (nSPS) is 10.8. The molecule has 0 atom stereocenters. The number of anilines is 2. The van der Waals surface area contributed by atoms with Crippen molar-refractivity contribution in [1.82, 2.24) is 4.57 Å². The van der Waals surface area contributed by atoms with Gasteiger partial charge in [0.15, 0.2) is 0 Å². The van der Waals surface area contributed by atoms with Gasteiger partial charge in [0.25, 0.3) is 5.91 Å². The number of phenols is 1. The molecule has 0 bridgehead atoms. The molecule has 2 aromatic rings. The molecule has 106 valence electrons. The summed E-state index contributed by atoms with van der Waals surface area (Å²) in [5.41, 5.74) is 7.62. The summed E-state index contributed by atoms with van der Waals surface area (Å²) in [6, 6.07) is 8.32. The largest absolute Gasteiger partial charge is 0.508 e. The van der Waals surface area contributed by atoms with E-state index >= 15 is 0 Å². The Hall–Kier alpha value is -2.43. The van der Waals surface area contributed by atoms with Crippen LogP contribution < -0.4 is 10.6 Å². The second kappa shape index (κ2) is 5.28. The van der Waals surface area contributed by atoms with Crippen molar-refractivity contribution in [1.29, 1.82) is 0 Å². The predicted molar refractivity (Wildman–Crippen MR) is 80.1 cm³/mol. The number of hydrogen-bond donors (Lipinski definition) is 2. The lowest BCUT2D eigenvalue weighted by atomic mass is 10.2. The van der Waals surface area contributed by atoms with Crippen LogP contribution in [0.15, 0.2) is 36.5 Å². The zero-order chi connectivity index (χ0) is 14.9. The second-order valence-electron chi connectivity index (χ2n) is 5.04. The van der Waals surface area contributed by atoms with E-state index in [1.54, 1.807) is 43.6 Å². The van der Waals surface area contributed by atoms with Crippen molar-refractivity contribution < 1.29 is 9.90 Å². The Morgan fingerprint density at radius 3 is 2.45 bits per heavy atom. The zero-order valence-corrected chi connectivity index (χ0v) is 11.9. The minimum Gasteiger partial charge on any atom is -0.508 e. The fraction of sp³-hybridized carbons (Fsp3) is 0.267. The summed E-state index contributed by atoms with van der Waals surface area (Å²) in [6.45, 7) is 3.99. The van der Waals surface area contributed by atoms with Crippen molar-refractivity contribution in [2.24, 2.45) is 0 Å². The van der Waals surface area contributed by atoms with E-state index in [0.29, 0.717) is 17.1 Å². The first kappa shape index (κ1) is 14.0. The topological polar surface area (TPSA) is 71.5 Å². The van der Waals surface area contributed by atoms with Crippen LogP contribution in [0, 0.1) is 0 Å². The number of nitrogens with zero attached hydrogens (tertiary/aromatic N) is 2. The first-order chi connectivity index (χ1) is 9.40. The molecule has 20 heavy (non-hydrogen) atoms. The quantitative estimate of drug-likeness (QED) is 0.903. The van der Waals surface area contributed by atoms with E-state index in [9.17, 15) is 9.90 Å². The van der Waals surface area contributed by atoms with Gasteiger partial charge in [0.2, 0.25) is 0 Å². The summed E-state index contributed by atoms with van der Waals surface area (Å²) in [6.07, 6.45) is 1.77. The highest BCUT2D eigenvalue weighted by atomic mass is 16.3. The number of hydrogen-bond acceptors (Lipinski definition) is 3. The lowest BCUT2D eigenvalue weighted by Gasteiger charge is -2.20. The smallest absolute Gasteiger partial charge is 0.274 e. The molecular formula is C15H19N3O2. The number of nitrogens with two attached hydrogens (primary N) is 1. The summed E-state index contributed by atoms with van der Waals surface area (Å²) in [5.74, 6) is 0.0329. The van der Waals surface area contributed by atoms with E-state index in [4.69, 9.17) is 5.73 Å². The van der Waals surface area contributed by atoms with Gasteiger partial charge in [-0.1, -0.05) is 0 Å². The molecule has 0 spiro atoms. The molecule has 1 aromatic carbocycles. The maximum Gasteiger partial charge on any atom is 0.274 e. The number of carbonyl (C=O) groups is 1. The van der Waals surface area contributed by atoms with Gasteiger partial charge in [-0.3, -0.25) is 4.79 Å². The van der Waals surface area contributed by atoms with E-state index in [0.717, 1.165) is 0 Å². The van der Waals surface area contributed by atoms with Gasteiger partial charge in [-0.05, 0) is 44.2 Å². The number of carbonyl (C=O) groups excluding carboxylic acids is 1. The molecule has 1 heterocycles. The SMILES string of the molecule is CC(C)n1cc(N)cc1C(=O)N(C)c1ccc(O)cc1. The molecule has 0 fully saturated rings. The highest BCUT2D eigenvalue weighted by Gasteiger charge is 2.19. The van der Waals surface area contributed by atoms with Crippen molar-refractivity contribution in [3.63, 3.8) is 0 Å². The third kappa shape index (κ3) is 2.61. The van der Waals surface area contributed by atoms with Gasteiger partial charge in [0.05, 0.1) is 5.69 Å². The summed E-state index contributed by atoms with van der Waals surface area (Å²) in [5, 5.41) is 9.29. The Labute approximate surface area is 118 Å². The monoisotopic (exact) mass is 273 g/mol. The maximum atomic E-state index is 12.6. The van der Waals surface area contributed by atoms with Gasteiger partial charge in [0.1, 0.15) is 11.4 Å². The zero-order valence-electron chi connectivity index (χ0n) is 11.9. The van der Waals surface area contributed by atoms with E-state index in [1.165, 1.54) is 4.90 Å². The number of rotatable bonds is 3. The summed E-state index contributed by atoms with van der Waals surface area (Å²) < 4.78 is 1.86. The summed E-state index contributed by atoms with van der Waals surface area (Å²) in [7, 11) is 1.70. The molecule has 0 saturated heterocycles. The Morgan fingerprint density at radius 2 is 1.90 bits per heavy atom. The standard InChI is InChI=1S/C15H19N3O2/c1-10(2)18-9-11(16)8-14(18)15(20)17(3)12-4-6-13(19)7-5-12/h4-10,19H,16H2,1-3H3. The third-order valence-electron chi connectivity index (χ3n) is 3.19.